The Bertz CT molecular complexity index is 260. The lowest BCUT2D eigenvalue weighted by Crippen LogP contribution is -2.48. The number of carbonyl (C=O) groups excluding carboxylic acids is 2. The summed E-state index contributed by atoms with van der Waals surface area (Å²) in [7, 11) is 0. The fraction of sp³-hybridized carbons (Fsp3) is 0.818. The van der Waals surface area contributed by atoms with E-state index in [1.54, 1.807) is 0 Å². The first-order valence-electron chi connectivity index (χ1n) is 6.24. The molecule has 0 spiro atoms. The molecule has 2 atom stereocenters. The highest BCUT2D eigenvalue weighted by Crippen LogP contribution is 2.02. The molecule has 0 aromatic heterocycles. The van der Waals surface area contributed by atoms with E-state index in [0.29, 0.717) is 38.8 Å². The van der Waals surface area contributed by atoms with Crippen molar-refractivity contribution >= 4 is 11.8 Å². The van der Waals surface area contributed by atoms with Crippen LogP contribution in [0.2, 0.25) is 0 Å². The van der Waals surface area contributed by atoms with Gasteiger partial charge in [0.2, 0.25) is 5.91 Å². The summed E-state index contributed by atoms with van der Waals surface area (Å²) >= 11 is 0. The Morgan fingerprint density at radius 2 is 1.67 bits per heavy atom. The molecule has 0 saturated heterocycles. The SMILES string of the molecule is [NH]C(=O)[C@H](CCCCN)NC(=O)[C@@H](N)CCCN. The standard InChI is InChI=1S/C11H24N5O2/c12-6-2-1-5-9(10(15)17)16-11(18)8(14)4-3-7-13/h8-9,15H,1-7,12-14H2,(H,16,18)/t8-,9-/m0/s1. The van der Waals surface area contributed by atoms with Crippen LogP contribution in [0.3, 0.4) is 0 Å². The molecular weight excluding hydrogens is 234 g/mol. The maximum absolute atomic E-state index is 11.7. The van der Waals surface area contributed by atoms with Crippen molar-refractivity contribution in [3.05, 3.63) is 0 Å². The highest BCUT2D eigenvalue weighted by Gasteiger charge is 2.21. The minimum atomic E-state index is -0.800. The first-order chi connectivity index (χ1) is 8.52. The van der Waals surface area contributed by atoms with E-state index in [0.717, 1.165) is 6.42 Å². The number of nitrogens with one attached hydrogen (secondary N) is 2. The molecule has 1 radical (unpaired) electrons. The smallest absolute Gasteiger partial charge is 0.260 e. The minimum Gasteiger partial charge on any atom is -0.343 e. The van der Waals surface area contributed by atoms with Crippen LogP contribution in [0.5, 0.6) is 0 Å². The highest BCUT2D eigenvalue weighted by atomic mass is 16.2. The van der Waals surface area contributed by atoms with Crippen molar-refractivity contribution in [3.8, 4) is 0 Å². The zero-order valence-corrected chi connectivity index (χ0v) is 10.7. The largest absolute Gasteiger partial charge is 0.343 e. The number of carbonyl (C=O) groups is 2. The van der Waals surface area contributed by atoms with E-state index in [2.05, 4.69) is 5.32 Å². The minimum absolute atomic E-state index is 0.401. The van der Waals surface area contributed by atoms with Gasteiger partial charge in [-0.1, -0.05) is 0 Å². The van der Waals surface area contributed by atoms with E-state index in [1.165, 1.54) is 0 Å². The predicted octanol–water partition coefficient (Wildman–Crippen LogP) is -1.52. The summed E-state index contributed by atoms with van der Waals surface area (Å²) in [4.78, 5) is 22.7. The van der Waals surface area contributed by atoms with Crippen LogP contribution in [0.15, 0.2) is 0 Å². The molecule has 105 valence electrons. The molecule has 0 fully saturated rings. The third kappa shape index (κ3) is 7.21. The fourth-order valence-electron chi connectivity index (χ4n) is 1.51. The fourth-order valence-corrected chi connectivity index (χ4v) is 1.51. The molecule has 18 heavy (non-hydrogen) atoms. The summed E-state index contributed by atoms with van der Waals surface area (Å²) in [5.41, 5.74) is 23.4. The molecular formula is C11H24N5O2. The Morgan fingerprint density at radius 1 is 1.06 bits per heavy atom. The molecule has 0 aliphatic carbocycles. The van der Waals surface area contributed by atoms with E-state index >= 15 is 0 Å². The zero-order chi connectivity index (χ0) is 14.0. The normalized spacial score (nSPS) is 13.9. The van der Waals surface area contributed by atoms with Crippen molar-refractivity contribution in [3.63, 3.8) is 0 Å². The maximum Gasteiger partial charge on any atom is 0.260 e. The molecule has 2 amide bonds. The van der Waals surface area contributed by atoms with Crippen LogP contribution >= 0.6 is 0 Å². The Labute approximate surface area is 108 Å². The summed E-state index contributed by atoms with van der Waals surface area (Å²) in [6.45, 7) is 1.00. The van der Waals surface area contributed by atoms with Gasteiger partial charge in [-0.15, -0.1) is 0 Å². The van der Waals surface area contributed by atoms with E-state index < -0.39 is 23.9 Å². The van der Waals surface area contributed by atoms with E-state index in [1.807, 2.05) is 0 Å². The molecule has 0 aromatic carbocycles. The summed E-state index contributed by atoms with van der Waals surface area (Å²) in [6, 6.07) is -1.46. The molecule has 0 saturated carbocycles. The Kier molecular flexibility index (Phi) is 9.17. The van der Waals surface area contributed by atoms with Crippen LogP contribution in [-0.4, -0.2) is 37.0 Å². The quantitative estimate of drug-likeness (QED) is 0.351. The first-order valence-corrected chi connectivity index (χ1v) is 6.24. The molecule has 0 rings (SSSR count). The van der Waals surface area contributed by atoms with Crippen molar-refractivity contribution in [1.82, 2.24) is 11.1 Å². The monoisotopic (exact) mass is 258 g/mol. The van der Waals surface area contributed by atoms with Crippen molar-refractivity contribution < 1.29 is 9.59 Å². The third-order valence-electron chi connectivity index (χ3n) is 2.64. The third-order valence-corrected chi connectivity index (χ3v) is 2.64. The van der Waals surface area contributed by atoms with Crippen LogP contribution in [0.4, 0.5) is 0 Å². The second kappa shape index (κ2) is 9.81. The second-order valence-corrected chi connectivity index (χ2v) is 4.25. The van der Waals surface area contributed by atoms with Gasteiger partial charge in [-0.2, -0.15) is 0 Å². The number of unbranched alkanes of at least 4 members (excludes halogenated alkanes) is 1. The van der Waals surface area contributed by atoms with Crippen LogP contribution in [0, 0.1) is 0 Å². The molecule has 8 N–H and O–H groups in total. The molecule has 0 bridgehead atoms. The van der Waals surface area contributed by atoms with Crippen LogP contribution in [0.25, 0.3) is 0 Å². The summed E-state index contributed by atoms with van der Waals surface area (Å²) in [5.74, 6) is -1.20. The zero-order valence-electron chi connectivity index (χ0n) is 10.7. The molecule has 7 heteroatoms. The van der Waals surface area contributed by atoms with Gasteiger partial charge < -0.3 is 22.5 Å². The van der Waals surface area contributed by atoms with Crippen molar-refractivity contribution in [2.45, 2.75) is 44.2 Å². The molecule has 0 heterocycles. The van der Waals surface area contributed by atoms with Gasteiger partial charge in [0.25, 0.3) is 5.91 Å². The first kappa shape index (κ1) is 16.8. The van der Waals surface area contributed by atoms with E-state index in [-0.39, 0.29) is 0 Å². The van der Waals surface area contributed by atoms with Crippen LogP contribution < -0.4 is 28.3 Å². The Hall–Kier alpha value is -1.18. The molecule has 0 aliphatic rings. The number of hydrogen-bond acceptors (Lipinski definition) is 5. The van der Waals surface area contributed by atoms with Gasteiger partial charge in [-0.05, 0) is 45.2 Å². The topological polar surface area (TPSA) is 148 Å². The average Bonchev–Trinajstić information content (AvgIpc) is 2.34. The summed E-state index contributed by atoms with van der Waals surface area (Å²) < 4.78 is 0. The van der Waals surface area contributed by atoms with Gasteiger partial charge in [0.1, 0.15) is 6.04 Å². The van der Waals surface area contributed by atoms with Crippen LogP contribution in [0.1, 0.15) is 32.1 Å². The van der Waals surface area contributed by atoms with Gasteiger partial charge >= 0.3 is 0 Å². The van der Waals surface area contributed by atoms with Gasteiger partial charge in [0.15, 0.2) is 0 Å². The summed E-state index contributed by atoms with van der Waals surface area (Å²) in [6.07, 6.45) is 3.02. The number of hydrogen-bond donors (Lipinski definition) is 4. The predicted molar refractivity (Wildman–Crippen MR) is 69.2 cm³/mol. The van der Waals surface area contributed by atoms with E-state index in [4.69, 9.17) is 22.9 Å². The van der Waals surface area contributed by atoms with E-state index in [9.17, 15) is 9.59 Å². The summed E-state index contributed by atoms with van der Waals surface area (Å²) in [5, 5.41) is 2.50. The molecule has 0 aliphatic heterocycles. The maximum atomic E-state index is 11.7. The lowest BCUT2D eigenvalue weighted by atomic mass is 10.1. The van der Waals surface area contributed by atoms with Crippen molar-refractivity contribution in [1.29, 1.82) is 0 Å². The van der Waals surface area contributed by atoms with Gasteiger partial charge in [0, 0.05) is 0 Å². The molecule has 0 unspecified atom stereocenters. The van der Waals surface area contributed by atoms with Gasteiger partial charge in [-0.25, -0.2) is 0 Å². The van der Waals surface area contributed by atoms with Crippen molar-refractivity contribution in [2.24, 2.45) is 17.2 Å². The molecule has 0 aromatic rings. The number of nitrogens with two attached hydrogens (primary N) is 3. The Morgan fingerprint density at radius 3 is 2.17 bits per heavy atom. The van der Waals surface area contributed by atoms with Gasteiger partial charge in [-0.3, -0.25) is 15.3 Å². The highest BCUT2D eigenvalue weighted by molar-refractivity contribution is 5.88. The lowest BCUT2D eigenvalue weighted by molar-refractivity contribution is -0.128. The molecule has 7 nitrogen and oxygen atoms in total. The van der Waals surface area contributed by atoms with Gasteiger partial charge in [0.05, 0.1) is 6.04 Å². The number of amides is 2. The van der Waals surface area contributed by atoms with Crippen molar-refractivity contribution in [2.75, 3.05) is 13.1 Å². The second-order valence-electron chi connectivity index (χ2n) is 4.25. The number of rotatable bonds is 10. The van der Waals surface area contributed by atoms with Crippen LogP contribution in [-0.2, 0) is 9.59 Å². The average molecular weight is 258 g/mol. The lowest BCUT2D eigenvalue weighted by Gasteiger charge is -2.18. The Balaban J connectivity index is 4.14.